The summed E-state index contributed by atoms with van der Waals surface area (Å²) in [6, 6.07) is -3.36. The minimum absolute atomic E-state index is 0.339. The fourth-order valence-corrected chi connectivity index (χ4v) is 2.57. The number of amides is 2. The molecule has 0 fully saturated rings. The van der Waals surface area contributed by atoms with Crippen molar-refractivity contribution >= 4 is 23.7 Å². The van der Waals surface area contributed by atoms with Crippen LogP contribution in [0.2, 0.25) is 0 Å². The SMILES string of the molecule is CC(=O)N[C@H]1[C@H]([C@H](O)[C@H](O)CO)OC(C(=O)O)=C[C@@H]1NC(=O)[C@H](C)N=C(N)N. The third-order valence-corrected chi connectivity index (χ3v) is 3.86. The molecule has 158 valence electrons. The predicted octanol–water partition coefficient (Wildman–Crippen LogP) is -4.28. The molecule has 2 amide bonds. The first-order chi connectivity index (χ1) is 13.0. The molecule has 0 saturated carbocycles. The summed E-state index contributed by atoms with van der Waals surface area (Å²) in [7, 11) is 0. The number of aliphatic hydroxyl groups is 3. The van der Waals surface area contributed by atoms with Gasteiger partial charge in [0.15, 0.2) is 5.96 Å². The van der Waals surface area contributed by atoms with Gasteiger partial charge in [0.2, 0.25) is 17.6 Å². The molecule has 0 aromatic rings. The lowest BCUT2D eigenvalue weighted by Gasteiger charge is -2.40. The van der Waals surface area contributed by atoms with Gasteiger partial charge in [0.05, 0.1) is 18.7 Å². The molecule has 10 N–H and O–H groups in total. The Balaban J connectivity index is 3.27. The van der Waals surface area contributed by atoms with E-state index in [2.05, 4.69) is 15.6 Å². The zero-order valence-electron chi connectivity index (χ0n) is 15.3. The highest BCUT2D eigenvalue weighted by molar-refractivity contribution is 5.87. The fourth-order valence-electron chi connectivity index (χ4n) is 2.57. The molecule has 0 bridgehead atoms. The van der Waals surface area contributed by atoms with Crippen LogP contribution in [0.3, 0.4) is 0 Å². The number of aliphatic hydroxyl groups excluding tert-OH is 3. The van der Waals surface area contributed by atoms with Crippen LogP contribution < -0.4 is 22.1 Å². The van der Waals surface area contributed by atoms with Crippen LogP contribution in [0.4, 0.5) is 0 Å². The lowest BCUT2D eigenvalue weighted by atomic mass is 9.91. The van der Waals surface area contributed by atoms with Gasteiger partial charge in [0, 0.05) is 6.92 Å². The average molecular weight is 403 g/mol. The third-order valence-electron chi connectivity index (χ3n) is 3.86. The molecular weight excluding hydrogens is 378 g/mol. The van der Waals surface area contributed by atoms with E-state index >= 15 is 0 Å². The van der Waals surface area contributed by atoms with Crippen LogP contribution in [-0.4, -0.2) is 87.2 Å². The molecule has 0 saturated heterocycles. The second kappa shape index (κ2) is 9.87. The molecule has 6 atom stereocenters. The van der Waals surface area contributed by atoms with Gasteiger partial charge in [-0.2, -0.15) is 0 Å². The van der Waals surface area contributed by atoms with E-state index in [0.29, 0.717) is 0 Å². The first-order valence-electron chi connectivity index (χ1n) is 8.22. The summed E-state index contributed by atoms with van der Waals surface area (Å²) in [5.74, 6) is -3.75. The Hall–Kier alpha value is -2.90. The van der Waals surface area contributed by atoms with Crippen molar-refractivity contribution in [3.8, 4) is 0 Å². The number of aliphatic carboxylic acids is 1. The van der Waals surface area contributed by atoms with Crippen molar-refractivity contribution in [2.75, 3.05) is 6.61 Å². The summed E-state index contributed by atoms with van der Waals surface area (Å²) in [6.45, 7) is 1.69. The quantitative estimate of drug-likeness (QED) is 0.143. The number of hydrogen-bond donors (Lipinski definition) is 8. The number of nitrogens with one attached hydrogen (secondary N) is 2. The van der Waals surface area contributed by atoms with E-state index in [-0.39, 0.29) is 5.96 Å². The molecule has 13 nitrogen and oxygen atoms in total. The van der Waals surface area contributed by atoms with Crippen molar-refractivity contribution in [3.05, 3.63) is 11.8 Å². The van der Waals surface area contributed by atoms with Crippen LogP contribution in [0, 0.1) is 0 Å². The highest BCUT2D eigenvalue weighted by Gasteiger charge is 2.44. The number of aliphatic imine (C=N–C) groups is 1. The Labute approximate surface area is 160 Å². The second-order valence-electron chi connectivity index (χ2n) is 6.15. The minimum atomic E-state index is -1.78. The third kappa shape index (κ3) is 6.07. The van der Waals surface area contributed by atoms with Crippen molar-refractivity contribution in [2.45, 2.75) is 50.3 Å². The summed E-state index contributed by atoms with van der Waals surface area (Å²) in [4.78, 5) is 38.9. The van der Waals surface area contributed by atoms with E-state index in [4.69, 9.17) is 21.3 Å². The summed E-state index contributed by atoms with van der Waals surface area (Å²) < 4.78 is 5.19. The molecule has 28 heavy (non-hydrogen) atoms. The van der Waals surface area contributed by atoms with Gasteiger partial charge in [-0.05, 0) is 13.0 Å². The number of carboxylic acids is 1. The first kappa shape index (κ1) is 23.1. The summed E-state index contributed by atoms with van der Waals surface area (Å²) in [5, 5.41) is 43.1. The highest BCUT2D eigenvalue weighted by Crippen LogP contribution is 2.23. The van der Waals surface area contributed by atoms with Crippen LogP contribution in [-0.2, 0) is 19.1 Å². The van der Waals surface area contributed by atoms with Gasteiger partial charge in [-0.1, -0.05) is 0 Å². The van der Waals surface area contributed by atoms with Crippen LogP contribution >= 0.6 is 0 Å². The molecule has 0 aromatic carbocycles. The monoisotopic (exact) mass is 403 g/mol. The summed E-state index contributed by atoms with van der Waals surface area (Å²) in [5.41, 5.74) is 10.5. The minimum Gasteiger partial charge on any atom is -0.478 e. The van der Waals surface area contributed by atoms with Gasteiger partial charge in [-0.15, -0.1) is 0 Å². The van der Waals surface area contributed by atoms with Gasteiger partial charge < -0.3 is 47.3 Å². The van der Waals surface area contributed by atoms with E-state index in [9.17, 15) is 29.7 Å². The molecule has 0 spiro atoms. The van der Waals surface area contributed by atoms with E-state index in [1.165, 1.54) is 6.92 Å². The standard InChI is InChI=1S/C15H25N5O8/c1-5(18-15(16)17)13(25)20-7-3-9(14(26)27)28-12(10(7)19-6(2)22)11(24)8(23)4-21/h3,5,7-8,10-12,21,23-24H,4H2,1-2H3,(H,19,22)(H,20,25)(H,26,27)(H4,16,17,18)/t5-,7-,8+,10+,11+,12+/m0/s1. The van der Waals surface area contributed by atoms with Crippen molar-refractivity contribution in [2.24, 2.45) is 16.5 Å². The van der Waals surface area contributed by atoms with Crippen molar-refractivity contribution in [1.82, 2.24) is 10.6 Å². The highest BCUT2D eigenvalue weighted by atomic mass is 16.5. The second-order valence-corrected chi connectivity index (χ2v) is 6.15. The first-order valence-corrected chi connectivity index (χ1v) is 8.22. The predicted molar refractivity (Wildman–Crippen MR) is 94.5 cm³/mol. The number of nitrogens with zero attached hydrogens (tertiary/aromatic N) is 1. The zero-order valence-corrected chi connectivity index (χ0v) is 15.3. The van der Waals surface area contributed by atoms with Crippen LogP contribution in [0.5, 0.6) is 0 Å². The molecule has 1 rings (SSSR count). The van der Waals surface area contributed by atoms with Crippen molar-refractivity contribution in [1.29, 1.82) is 0 Å². The number of rotatable bonds is 8. The van der Waals surface area contributed by atoms with Gasteiger partial charge in [0.1, 0.15) is 24.4 Å². The molecule has 0 aliphatic carbocycles. The summed E-state index contributed by atoms with van der Waals surface area (Å²) in [6.07, 6.45) is -3.94. The van der Waals surface area contributed by atoms with E-state index in [1.54, 1.807) is 0 Å². The van der Waals surface area contributed by atoms with E-state index in [1.807, 2.05) is 0 Å². The smallest absolute Gasteiger partial charge is 0.370 e. The molecule has 1 heterocycles. The number of hydrogen-bond acceptors (Lipinski definition) is 8. The fraction of sp³-hybridized carbons (Fsp3) is 0.600. The average Bonchev–Trinajstić information content (AvgIpc) is 2.60. The lowest BCUT2D eigenvalue weighted by Crippen LogP contribution is -2.64. The van der Waals surface area contributed by atoms with E-state index < -0.39 is 66.6 Å². The number of carbonyl (C=O) groups is 3. The maximum absolute atomic E-state index is 12.3. The Morgan fingerprint density at radius 2 is 1.89 bits per heavy atom. The number of guanidine groups is 1. The number of nitrogens with two attached hydrogens (primary N) is 2. The molecule has 0 radical (unpaired) electrons. The van der Waals surface area contributed by atoms with Crippen LogP contribution in [0.25, 0.3) is 0 Å². The Morgan fingerprint density at radius 3 is 2.36 bits per heavy atom. The zero-order chi connectivity index (χ0) is 21.6. The van der Waals surface area contributed by atoms with Gasteiger partial charge >= 0.3 is 5.97 Å². The Kier molecular flexibility index (Phi) is 8.16. The van der Waals surface area contributed by atoms with Crippen molar-refractivity contribution < 1.29 is 39.5 Å². The van der Waals surface area contributed by atoms with Gasteiger partial charge in [-0.25, -0.2) is 9.79 Å². The molecule has 0 aromatic heterocycles. The van der Waals surface area contributed by atoms with Crippen molar-refractivity contribution in [3.63, 3.8) is 0 Å². The summed E-state index contributed by atoms with van der Waals surface area (Å²) >= 11 is 0. The molecular formula is C15H25N5O8. The van der Waals surface area contributed by atoms with Crippen LogP contribution in [0.15, 0.2) is 16.8 Å². The van der Waals surface area contributed by atoms with E-state index in [0.717, 1.165) is 13.0 Å². The van der Waals surface area contributed by atoms with Crippen LogP contribution in [0.1, 0.15) is 13.8 Å². The normalized spacial score (nSPS) is 24.6. The molecule has 0 unspecified atom stereocenters. The maximum Gasteiger partial charge on any atom is 0.370 e. The number of carboxylic acid groups (broad SMARTS) is 1. The molecule has 13 heteroatoms. The lowest BCUT2D eigenvalue weighted by molar-refractivity contribution is -0.147. The topological polar surface area (TPSA) is 230 Å². The Morgan fingerprint density at radius 1 is 1.29 bits per heavy atom. The molecule has 1 aliphatic rings. The molecule has 1 aliphatic heterocycles. The number of ether oxygens (including phenoxy) is 1. The maximum atomic E-state index is 12.3. The van der Waals surface area contributed by atoms with Gasteiger partial charge in [0.25, 0.3) is 0 Å². The number of carbonyl (C=O) groups excluding carboxylic acids is 2. The Bertz CT molecular complexity index is 663. The largest absolute Gasteiger partial charge is 0.478 e. The van der Waals surface area contributed by atoms with Gasteiger partial charge in [-0.3, -0.25) is 9.59 Å².